The van der Waals surface area contributed by atoms with Crippen LogP contribution in [0.2, 0.25) is 5.02 Å². The minimum absolute atomic E-state index is 0.0260. The molecule has 1 aromatic heterocycles. The molecule has 0 radical (unpaired) electrons. The molecule has 1 aromatic carbocycles. The van der Waals surface area contributed by atoms with Crippen molar-refractivity contribution in [3.8, 4) is 11.8 Å². The Bertz CT molecular complexity index is 799. The zero-order valence-corrected chi connectivity index (χ0v) is 12.3. The quantitative estimate of drug-likeness (QED) is 0.861. The summed E-state index contributed by atoms with van der Waals surface area (Å²) in [6, 6.07) is 8.48. The van der Waals surface area contributed by atoms with Gasteiger partial charge in [-0.3, -0.25) is 9.78 Å². The van der Waals surface area contributed by atoms with Crippen LogP contribution in [0.1, 0.15) is 27.7 Å². The van der Waals surface area contributed by atoms with Gasteiger partial charge in [-0.15, -0.1) is 0 Å². The highest BCUT2D eigenvalue weighted by molar-refractivity contribution is 6.30. The van der Waals surface area contributed by atoms with Gasteiger partial charge < -0.3 is 15.6 Å². The Hall–Kier alpha value is -3.11. The molecule has 3 N–H and O–H groups in total. The molecule has 7 nitrogen and oxygen atoms in total. The Balaban J connectivity index is 2.38. The Morgan fingerprint density at radius 1 is 1.35 bits per heavy atom. The number of nitrogens with zero attached hydrogens (tertiary/aromatic N) is 2. The standard InChI is InChI=1S/C15H10ClN3O4/c16-10-2-3-11(19-7-10)13(14(18)20)23-12-4-1-8(15(21)22)5-9(12)6-17/h1-5,7,13H,(H2,18,20)(H,21,22). The van der Waals surface area contributed by atoms with E-state index in [4.69, 9.17) is 32.4 Å². The lowest BCUT2D eigenvalue weighted by molar-refractivity contribution is -0.125. The predicted octanol–water partition coefficient (Wildman–Crippen LogP) is 1.91. The second-order valence-electron chi connectivity index (χ2n) is 4.43. The summed E-state index contributed by atoms with van der Waals surface area (Å²) in [6.07, 6.45) is 0.0876. The van der Waals surface area contributed by atoms with Gasteiger partial charge in [-0.25, -0.2) is 4.79 Å². The minimum Gasteiger partial charge on any atom is -0.478 e. The molecule has 0 aliphatic carbocycles. The first-order chi connectivity index (χ1) is 10.9. The molecule has 0 saturated heterocycles. The van der Waals surface area contributed by atoms with E-state index in [0.717, 1.165) is 6.07 Å². The highest BCUT2D eigenvalue weighted by Gasteiger charge is 2.23. The van der Waals surface area contributed by atoms with Gasteiger partial charge in [-0.05, 0) is 30.3 Å². The number of hydrogen-bond acceptors (Lipinski definition) is 5. The van der Waals surface area contributed by atoms with Gasteiger partial charge >= 0.3 is 5.97 Å². The molecule has 2 rings (SSSR count). The molecule has 0 spiro atoms. The lowest BCUT2D eigenvalue weighted by Gasteiger charge is -2.16. The van der Waals surface area contributed by atoms with E-state index in [1.165, 1.54) is 30.5 Å². The summed E-state index contributed by atoms with van der Waals surface area (Å²) in [5.41, 5.74) is 5.41. The topological polar surface area (TPSA) is 126 Å². The summed E-state index contributed by atoms with van der Waals surface area (Å²) < 4.78 is 5.46. The molecular formula is C15H10ClN3O4. The molecule has 0 fully saturated rings. The SMILES string of the molecule is N#Cc1cc(C(=O)O)ccc1OC(C(N)=O)c1ccc(Cl)cn1. The van der Waals surface area contributed by atoms with Crippen LogP contribution in [0.15, 0.2) is 36.5 Å². The predicted molar refractivity (Wildman–Crippen MR) is 79.9 cm³/mol. The third kappa shape index (κ3) is 3.75. The zero-order chi connectivity index (χ0) is 17.0. The number of carbonyl (C=O) groups is 2. The monoisotopic (exact) mass is 331 g/mol. The molecule has 0 aliphatic rings. The lowest BCUT2D eigenvalue weighted by Crippen LogP contribution is -2.27. The van der Waals surface area contributed by atoms with Crippen LogP contribution in [-0.2, 0) is 4.79 Å². The van der Waals surface area contributed by atoms with Crippen molar-refractivity contribution >= 4 is 23.5 Å². The van der Waals surface area contributed by atoms with E-state index >= 15 is 0 Å². The number of pyridine rings is 1. The van der Waals surface area contributed by atoms with Gasteiger partial charge in [0.25, 0.3) is 5.91 Å². The molecule has 0 bridgehead atoms. The molecule has 1 heterocycles. The summed E-state index contributed by atoms with van der Waals surface area (Å²) in [6.45, 7) is 0. The van der Waals surface area contributed by atoms with Crippen LogP contribution in [0.4, 0.5) is 0 Å². The summed E-state index contributed by atoms with van der Waals surface area (Å²) in [5.74, 6) is -1.97. The third-order valence-corrected chi connectivity index (χ3v) is 3.09. The van der Waals surface area contributed by atoms with Gasteiger partial charge in [0.2, 0.25) is 6.10 Å². The maximum Gasteiger partial charge on any atom is 0.335 e. The Morgan fingerprint density at radius 2 is 2.09 bits per heavy atom. The smallest absolute Gasteiger partial charge is 0.335 e. The van der Waals surface area contributed by atoms with Crippen LogP contribution in [0.25, 0.3) is 0 Å². The van der Waals surface area contributed by atoms with Crippen molar-refractivity contribution in [3.63, 3.8) is 0 Å². The van der Waals surface area contributed by atoms with Gasteiger partial charge in [-0.1, -0.05) is 11.6 Å². The molecule has 1 unspecified atom stereocenters. The zero-order valence-electron chi connectivity index (χ0n) is 11.6. The first-order valence-electron chi connectivity index (χ1n) is 6.27. The Labute approximate surface area is 135 Å². The summed E-state index contributed by atoms with van der Waals surface area (Å²) in [7, 11) is 0. The van der Waals surface area contributed by atoms with Crippen molar-refractivity contribution in [1.29, 1.82) is 5.26 Å². The summed E-state index contributed by atoms with van der Waals surface area (Å²) in [4.78, 5) is 26.5. The fourth-order valence-electron chi connectivity index (χ4n) is 1.79. The number of carboxylic acids is 1. The van der Waals surface area contributed by atoms with Crippen molar-refractivity contribution in [2.45, 2.75) is 6.10 Å². The fourth-order valence-corrected chi connectivity index (χ4v) is 1.90. The van der Waals surface area contributed by atoms with Crippen molar-refractivity contribution in [2.75, 3.05) is 0 Å². The number of carboxylic acid groups (broad SMARTS) is 1. The number of amides is 1. The molecule has 1 amide bonds. The average Bonchev–Trinajstić information content (AvgIpc) is 2.53. The molecule has 8 heteroatoms. The van der Waals surface area contributed by atoms with Crippen molar-refractivity contribution < 1.29 is 19.4 Å². The van der Waals surface area contributed by atoms with Crippen LogP contribution in [-0.4, -0.2) is 22.0 Å². The Kier molecular flexibility index (Phi) is 4.79. The third-order valence-electron chi connectivity index (χ3n) is 2.87. The molecule has 0 saturated carbocycles. The normalized spacial score (nSPS) is 11.3. The van der Waals surface area contributed by atoms with E-state index in [1.807, 2.05) is 6.07 Å². The lowest BCUT2D eigenvalue weighted by atomic mass is 10.1. The summed E-state index contributed by atoms with van der Waals surface area (Å²) >= 11 is 5.73. The second kappa shape index (κ2) is 6.77. The number of nitrogens with two attached hydrogens (primary N) is 1. The maximum absolute atomic E-state index is 11.6. The molecule has 0 aliphatic heterocycles. The number of rotatable bonds is 5. The molecule has 2 aromatic rings. The van der Waals surface area contributed by atoms with Crippen molar-refractivity contribution in [3.05, 3.63) is 58.4 Å². The van der Waals surface area contributed by atoms with E-state index in [2.05, 4.69) is 4.98 Å². The number of ether oxygens (including phenoxy) is 1. The first-order valence-corrected chi connectivity index (χ1v) is 6.65. The molecule has 1 atom stereocenters. The van der Waals surface area contributed by atoms with Gasteiger partial charge in [0.1, 0.15) is 11.8 Å². The van der Waals surface area contributed by atoms with Crippen LogP contribution in [0.3, 0.4) is 0 Å². The fraction of sp³-hybridized carbons (Fsp3) is 0.0667. The van der Waals surface area contributed by atoms with Crippen LogP contribution >= 0.6 is 11.6 Å². The van der Waals surface area contributed by atoms with Gasteiger partial charge in [0.05, 0.1) is 21.8 Å². The van der Waals surface area contributed by atoms with Crippen LogP contribution < -0.4 is 10.5 Å². The average molecular weight is 332 g/mol. The Morgan fingerprint density at radius 3 is 2.61 bits per heavy atom. The number of nitriles is 1. The van der Waals surface area contributed by atoms with Gasteiger partial charge in [0.15, 0.2) is 0 Å². The number of aromatic carboxylic acids is 1. The molecule has 23 heavy (non-hydrogen) atoms. The van der Waals surface area contributed by atoms with E-state index in [0.29, 0.717) is 5.02 Å². The van der Waals surface area contributed by atoms with Gasteiger partial charge in [-0.2, -0.15) is 5.26 Å². The number of aromatic nitrogens is 1. The number of primary amides is 1. The van der Waals surface area contributed by atoms with Gasteiger partial charge in [0, 0.05) is 6.20 Å². The van der Waals surface area contributed by atoms with E-state index < -0.39 is 18.0 Å². The van der Waals surface area contributed by atoms with Crippen molar-refractivity contribution in [1.82, 2.24) is 4.98 Å². The number of carbonyl (C=O) groups excluding carboxylic acids is 1. The highest BCUT2D eigenvalue weighted by Crippen LogP contribution is 2.26. The molecular weight excluding hydrogens is 322 g/mol. The van der Waals surface area contributed by atoms with E-state index in [1.54, 1.807) is 0 Å². The number of halogens is 1. The number of benzene rings is 1. The second-order valence-corrected chi connectivity index (χ2v) is 4.87. The maximum atomic E-state index is 11.6. The highest BCUT2D eigenvalue weighted by atomic mass is 35.5. The van der Waals surface area contributed by atoms with Crippen molar-refractivity contribution in [2.24, 2.45) is 5.73 Å². The van der Waals surface area contributed by atoms with Crippen LogP contribution in [0, 0.1) is 11.3 Å². The largest absolute Gasteiger partial charge is 0.478 e. The number of hydrogen-bond donors (Lipinski definition) is 2. The van der Waals surface area contributed by atoms with E-state index in [-0.39, 0.29) is 22.6 Å². The summed E-state index contributed by atoms with van der Waals surface area (Å²) in [5, 5.41) is 18.4. The minimum atomic E-state index is -1.24. The van der Waals surface area contributed by atoms with Crippen LogP contribution in [0.5, 0.6) is 5.75 Å². The van der Waals surface area contributed by atoms with E-state index in [9.17, 15) is 9.59 Å². The molecule has 116 valence electrons. The first kappa shape index (κ1) is 16.3.